The largest absolute Gasteiger partial charge is 0.496 e. The van der Waals surface area contributed by atoms with Crippen LogP contribution in [0.3, 0.4) is 0 Å². The molecular weight excluding hydrogens is 475 g/mol. The Morgan fingerprint density at radius 1 is 1.08 bits per heavy atom. The normalized spacial score (nSPS) is 13.1. The highest BCUT2D eigenvalue weighted by molar-refractivity contribution is 6.03. The van der Waals surface area contributed by atoms with Crippen molar-refractivity contribution in [3.05, 3.63) is 58.7 Å². The maximum absolute atomic E-state index is 13.2. The van der Waals surface area contributed by atoms with Gasteiger partial charge in [-0.15, -0.1) is 0 Å². The monoisotopic (exact) mass is 509 g/mol. The Balaban J connectivity index is 1.97. The van der Waals surface area contributed by atoms with E-state index in [0.29, 0.717) is 19.4 Å². The van der Waals surface area contributed by atoms with Gasteiger partial charge in [0.1, 0.15) is 12.2 Å². The summed E-state index contributed by atoms with van der Waals surface area (Å²) in [6, 6.07) is 8.55. The molecule has 0 radical (unpaired) electrons. The third-order valence-electron chi connectivity index (χ3n) is 5.68. The van der Waals surface area contributed by atoms with Crippen LogP contribution in [0.4, 0.5) is 18.9 Å². The number of nitrogens with one attached hydrogen (secondary N) is 3. The standard InChI is InChI=1S/C26H34F3N3O4/c1-5-6-22(33)21(15-30-14-18-8-7-16(2)11-17(18)3)32-25(35)13-24(34)31-19-9-10-23(36-4)20(12-19)26(27,28)29/h7-12,21-22,30,33H,5-6,13-15H2,1-4H3,(H,31,34)(H,32,35)/t21-,22-/m0/s1. The molecule has 7 nitrogen and oxygen atoms in total. The number of aryl methyl sites for hydroxylation is 2. The maximum Gasteiger partial charge on any atom is 0.420 e. The number of aliphatic hydroxyl groups is 1. The predicted octanol–water partition coefficient (Wildman–Crippen LogP) is 4.10. The summed E-state index contributed by atoms with van der Waals surface area (Å²) in [5, 5.41) is 18.7. The first-order chi connectivity index (χ1) is 16.9. The van der Waals surface area contributed by atoms with Crippen molar-refractivity contribution in [1.29, 1.82) is 0 Å². The molecule has 0 fully saturated rings. The van der Waals surface area contributed by atoms with Gasteiger partial charge in [-0.1, -0.05) is 37.1 Å². The van der Waals surface area contributed by atoms with Crippen LogP contribution >= 0.6 is 0 Å². The lowest BCUT2D eigenvalue weighted by Crippen LogP contribution is -2.49. The third kappa shape index (κ3) is 8.83. The molecule has 36 heavy (non-hydrogen) atoms. The first-order valence-corrected chi connectivity index (χ1v) is 11.7. The molecule has 2 amide bonds. The molecule has 2 aromatic rings. The van der Waals surface area contributed by atoms with Crippen molar-refractivity contribution < 1.29 is 32.6 Å². The SMILES string of the molecule is CCC[C@H](O)[C@H](CNCc1ccc(C)cc1C)NC(=O)CC(=O)Nc1ccc(OC)c(C(F)(F)F)c1. The van der Waals surface area contributed by atoms with Gasteiger partial charge in [-0.2, -0.15) is 13.2 Å². The van der Waals surface area contributed by atoms with Crippen molar-refractivity contribution in [2.45, 2.75) is 64.9 Å². The van der Waals surface area contributed by atoms with Crippen LogP contribution in [0.2, 0.25) is 0 Å². The highest BCUT2D eigenvalue weighted by Gasteiger charge is 2.34. The zero-order valence-corrected chi connectivity index (χ0v) is 21.0. The van der Waals surface area contributed by atoms with Crippen molar-refractivity contribution in [1.82, 2.24) is 10.6 Å². The van der Waals surface area contributed by atoms with Crippen LogP contribution in [0.1, 0.15) is 48.4 Å². The summed E-state index contributed by atoms with van der Waals surface area (Å²) in [5.41, 5.74) is 2.22. The summed E-state index contributed by atoms with van der Waals surface area (Å²) in [4.78, 5) is 24.8. The molecule has 0 aliphatic heterocycles. The van der Waals surface area contributed by atoms with Crippen molar-refractivity contribution in [2.75, 3.05) is 19.0 Å². The lowest BCUT2D eigenvalue weighted by atomic mass is 10.0. The predicted molar refractivity (Wildman–Crippen MR) is 132 cm³/mol. The number of ether oxygens (including phenoxy) is 1. The van der Waals surface area contributed by atoms with Crippen LogP contribution in [0, 0.1) is 13.8 Å². The topological polar surface area (TPSA) is 99.7 Å². The third-order valence-corrected chi connectivity index (χ3v) is 5.68. The molecule has 4 N–H and O–H groups in total. The number of carbonyl (C=O) groups is 2. The number of amides is 2. The van der Waals surface area contributed by atoms with E-state index in [1.54, 1.807) is 0 Å². The Bertz CT molecular complexity index is 1040. The van der Waals surface area contributed by atoms with Gasteiger partial charge >= 0.3 is 6.18 Å². The summed E-state index contributed by atoms with van der Waals surface area (Å²) in [6.07, 6.45) is -4.96. The summed E-state index contributed by atoms with van der Waals surface area (Å²) < 4.78 is 44.4. The molecule has 0 spiro atoms. The van der Waals surface area contributed by atoms with Crippen LogP contribution in [-0.4, -0.2) is 42.7 Å². The number of hydrogen-bond acceptors (Lipinski definition) is 5. The Morgan fingerprint density at radius 3 is 2.42 bits per heavy atom. The van der Waals surface area contributed by atoms with Gasteiger partial charge in [-0.3, -0.25) is 9.59 Å². The zero-order valence-electron chi connectivity index (χ0n) is 21.0. The average Bonchev–Trinajstić information content (AvgIpc) is 2.79. The van der Waals surface area contributed by atoms with Crippen LogP contribution in [0.25, 0.3) is 0 Å². The van der Waals surface area contributed by atoms with Gasteiger partial charge in [-0.25, -0.2) is 0 Å². The van der Waals surface area contributed by atoms with Crippen LogP contribution in [0.15, 0.2) is 36.4 Å². The van der Waals surface area contributed by atoms with Crippen molar-refractivity contribution in [3.8, 4) is 5.75 Å². The van der Waals surface area contributed by atoms with Crippen LogP contribution in [-0.2, 0) is 22.3 Å². The second-order valence-corrected chi connectivity index (χ2v) is 8.73. The zero-order chi connectivity index (χ0) is 26.9. The van der Waals surface area contributed by atoms with E-state index in [2.05, 4.69) is 22.0 Å². The van der Waals surface area contributed by atoms with Gasteiger partial charge in [0.2, 0.25) is 11.8 Å². The number of carbonyl (C=O) groups excluding carboxylic acids is 2. The molecule has 0 unspecified atom stereocenters. The molecule has 0 aliphatic carbocycles. The fourth-order valence-electron chi connectivity index (χ4n) is 3.80. The van der Waals surface area contributed by atoms with Crippen molar-refractivity contribution in [2.24, 2.45) is 0 Å². The molecule has 0 aliphatic rings. The quantitative estimate of drug-likeness (QED) is 0.323. The second-order valence-electron chi connectivity index (χ2n) is 8.73. The van der Waals surface area contributed by atoms with E-state index in [1.165, 1.54) is 6.07 Å². The number of alkyl halides is 3. The number of halogens is 3. The van der Waals surface area contributed by atoms with E-state index in [0.717, 1.165) is 35.9 Å². The molecule has 2 aromatic carbocycles. The number of methoxy groups -OCH3 is 1. The van der Waals surface area contributed by atoms with Gasteiger partial charge in [0, 0.05) is 18.8 Å². The molecule has 0 saturated heterocycles. The average molecular weight is 510 g/mol. The molecule has 2 rings (SSSR count). The Morgan fingerprint density at radius 2 is 1.81 bits per heavy atom. The Hall–Kier alpha value is -3.11. The molecule has 0 bridgehead atoms. The smallest absolute Gasteiger partial charge is 0.420 e. The maximum atomic E-state index is 13.2. The molecule has 0 aromatic heterocycles. The number of benzene rings is 2. The van der Waals surface area contributed by atoms with Gasteiger partial charge in [0.25, 0.3) is 0 Å². The van der Waals surface area contributed by atoms with E-state index < -0.39 is 42.1 Å². The molecular formula is C26H34F3N3O4. The fourth-order valence-corrected chi connectivity index (χ4v) is 3.80. The van der Waals surface area contributed by atoms with Gasteiger partial charge in [0.05, 0.1) is 24.8 Å². The lowest BCUT2D eigenvalue weighted by molar-refractivity contribution is -0.138. The van der Waals surface area contributed by atoms with E-state index >= 15 is 0 Å². The highest BCUT2D eigenvalue weighted by Crippen LogP contribution is 2.37. The van der Waals surface area contributed by atoms with E-state index in [1.807, 2.05) is 32.9 Å². The Labute approximate surface area is 209 Å². The van der Waals surface area contributed by atoms with E-state index in [9.17, 15) is 27.9 Å². The van der Waals surface area contributed by atoms with Crippen molar-refractivity contribution >= 4 is 17.5 Å². The summed E-state index contributed by atoms with van der Waals surface area (Å²) >= 11 is 0. The fraction of sp³-hybridized carbons (Fsp3) is 0.462. The highest BCUT2D eigenvalue weighted by atomic mass is 19.4. The van der Waals surface area contributed by atoms with Gasteiger partial charge in [-0.05, 0) is 49.6 Å². The first-order valence-electron chi connectivity index (χ1n) is 11.7. The van der Waals surface area contributed by atoms with Crippen LogP contribution in [0.5, 0.6) is 5.75 Å². The number of anilines is 1. The molecule has 198 valence electrons. The molecule has 10 heteroatoms. The first kappa shape index (κ1) is 29.1. The minimum Gasteiger partial charge on any atom is -0.496 e. The van der Waals surface area contributed by atoms with Gasteiger partial charge < -0.3 is 25.8 Å². The summed E-state index contributed by atoms with van der Waals surface area (Å²) in [6.45, 7) is 6.74. The Kier molecular flexibility index (Phi) is 10.7. The summed E-state index contributed by atoms with van der Waals surface area (Å²) in [7, 11) is 1.12. The molecule has 0 heterocycles. The van der Waals surface area contributed by atoms with Crippen LogP contribution < -0.4 is 20.7 Å². The lowest BCUT2D eigenvalue weighted by Gasteiger charge is -2.24. The van der Waals surface area contributed by atoms with E-state index in [4.69, 9.17) is 4.74 Å². The summed E-state index contributed by atoms with van der Waals surface area (Å²) in [5.74, 6) is -1.80. The molecule has 0 saturated carbocycles. The number of hydrogen-bond donors (Lipinski definition) is 4. The van der Waals surface area contributed by atoms with Gasteiger partial charge in [0.15, 0.2) is 0 Å². The minimum absolute atomic E-state index is 0.112. The number of rotatable bonds is 12. The second kappa shape index (κ2) is 13.3. The van der Waals surface area contributed by atoms with Crippen molar-refractivity contribution in [3.63, 3.8) is 0 Å². The minimum atomic E-state index is -4.67. The number of aliphatic hydroxyl groups excluding tert-OH is 1. The van der Waals surface area contributed by atoms with E-state index in [-0.39, 0.29) is 18.0 Å². The molecule has 2 atom stereocenters.